The van der Waals surface area contributed by atoms with Crippen molar-refractivity contribution in [3.63, 3.8) is 0 Å². The van der Waals surface area contributed by atoms with Crippen LogP contribution in [0.25, 0.3) is 17.2 Å². The number of benzene rings is 1. The van der Waals surface area contributed by atoms with E-state index in [0.29, 0.717) is 11.1 Å². The van der Waals surface area contributed by atoms with E-state index >= 15 is 0 Å². The molecule has 0 unspecified atom stereocenters. The first-order chi connectivity index (χ1) is 9.10. The van der Waals surface area contributed by atoms with Crippen molar-refractivity contribution in [1.82, 2.24) is 0 Å². The second kappa shape index (κ2) is 5.51. The SMILES string of the molecule is C/C(=C\c1cc(-c2ccc(C#N)cc2)cs1)C(=O)O. The molecular formula is C15H11NO2S. The predicted molar refractivity (Wildman–Crippen MR) is 75.8 cm³/mol. The molecule has 0 aliphatic carbocycles. The van der Waals surface area contributed by atoms with E-state index in [1.807, 2.05) is 23.6 Å². The molecule has 0 fully saturated rings. The zero-order chi connectivity index (χ0) is 13.8. The van der Waals surface area contributed by atoms with E-state index < -0.39 is 5.97 Å². The fourth-order valence-electron chi connectivity index (χ4n) is 1.59. The molecule has 1 N–H and O–H groups in total. The van der Waals surface area contributed by atoms with Gasteiger partial charge in [0.1, 0.15) is 0 Å². The Hall–Kier alpha value is -2.38. The Kier molecular flexibility index (Phi) is 3.79. The Morgan fingerprint density at radius 1 is 1.32 bits per heavy atom. The van der Waals surface area contributed by atoms with Crippen LogP contribution in [-0.4, -0.2) is 11.1 Å². The highest BCUT2D eigenvalue weighted by Gasteiger charge is 2.04. The van der Waals surface area contributed by atoms with Gasteiger partial charge in [0.05, 0.1) is 11.6 Å². The maximum atomic E-state index is 10.8. The van der Waals surface area contributed by atoms with Crippen LogP contribution in [0.4, 0.5) is 0 Å². The molecule has 1 aromatic carbocycles. The van der Waals surface area contributed by atoms with Gasteiger partial charge < -0.3 is 5.11 Å². The van der Waals surface area contributed by atoms with Crippen LogP contribution >= 0.6 is 11.3 Å². The molecule has 0 atom stereocenters. The molecule has 1 aromatic heterocycles. The largest absolute Gasteiger partial charge is 0.478 e. The summed E-state index contributed by atoms with van der Waals surface area (Å²) < 4.78 is 0. The topological polar surface area (TPSA) is 61.1 Å². The molecule has 4 heteroatoms. The minimum absolute atomic E-state index is 0.313. The summed E-state index contributed by atoms with van der Waals surface area (Å²) in [5.41, 5.74) is 2.98. The molecule has 0 saturated carbocycles. The second-order valence-corrected chi connectivity index (χ2v) is 5.00. The molecule has 19 heavy (non-hydrogen) atoms. The van der Waals surface area contributed by atoms with E-state index in [1.165, 1.54) is 11.3 Å². The van der Waals surface area contributed by atoms with Gasteiger partial charge in [0.15, 0.2) is 0 Å². The summed E-state index contributed by atoms with van der Waals surface area (Å²) >= 11 is 1.50. The van der Waals surface area contributed by atoms with Gasteiger partial charge in [0.2, 0.25) is 0 Å². The van der Waals surface area contributed by atoms with Crippen LogP contribution in [0.15, 0.2) is 41.3 Å². The van der Waals surface area contributed by atoms with E-state index in [2.05, 4.69) is 6.07 Å². The number of carboxylic acid groups (broad SMARTS) is 1. The molecule has 0 bridgehead atoms. The summed E-state index contributed by atoms with van der Waals surface area (Å²) in [5.74, 6) is -0.909. The Morgan fingerprint density at radius 3 is 2.58 bits per heavy atom. The van der Waals surface area contributed by atoms with E-state index in [4.69, 9.17) is 10.4 Å². The quantitative estimate of drug-likeness (QED) is 0.863. The number of aliphatic carboxylic acids is 1. The normalized spacial score (nSPS) is 11.1. The molecule has 0 aliphatic heterocycles. The summed E-state index contributed by atoms with van der Waals surface area (Å²) in [6, 6.07) is 11.3. The highest BCUT2D eigenvalue weighted by atomic mass is 32.1. The third-order valence-corrected chi connectivity index (χ3v) is 3.54. The number of carbonyl (C=O) groups is 1. The summed E-state index contributed by atoms with van der Waals surface area (Å²) in [7, 11) is 0. The summed E-state index contributed by atoms with van der Waals surface area (Å²) in [6.45, 7) is 1.57. The minimum atomic E-state index is -0.909. The Labute approximate surface area is 115 Å². The van der Waals surface area contributed by atoms with Crippen molar-refractivity contribution in [1.29, 1.82) is 5.26 Å². The maximum absolute atomic E-state index is 10.8. The van der Waals surface area contributed by atoms with Gasteiger partial charge in [-0.15, -0.1) is 11.3 Å². The van der Waals surface area contributed by atoms with Gasteiger partial charge in [-0.05, 0) is 47.7 Å². The van der Waals surface area contributed by atoms with E-state index in [9.17, 15) is 4.79 Å². The van der Waals surface area contributed by atoms with E-state index in [-0.39, 0.29) is 0 Å². The first-order valence-corrected chi connectivity index (χ1v) is 6.49. The van der Waals surface area contributed by atoms with Crippen LogP contribution < -0.4 is 0 Å². The average molecular weight is 269 g/mol. The van der Waals surface area contributed by atoms with Crippen molar-refractivity contribution in [3.8, 4) is 17.2 Å². The van der Waals surface area contributed by atoms with Crippen LogP contribution in [0.2, 0.25) is 0 Å². The predicted octanol–water partition coefficient (Wildman–Crippen LogP) is 3.77. The summed E-state index contributed by atoms with van der Waals surface area (Å²) in [6.07, 6.45) is 1.65. The average Bonchev–Trinajstić information content (AvgIpc) is 2.87. The molecular weight excluding hydrogens is 258 g/mol. The zero-order valence-corrected chi connectivity index (χ0v) is 11.1. The third-order valence-electron chi connectivity index (χ3n) is 2.66. The molecule has 0 spiro atoms. The first kappa shape index (κ1) is 13.1. The smallest absolute Gasteiger partial charge is 0.331 e. The van der Waals surface area contributed by atoms with Crippen molar-refractivity contribution < 1.29 is 9.90 Å². The molecule has 1 heterocycles. The summed E-state index contributed by atoms with van der Waals surface area (Å²) in [5, 5.41) is 19.5. The van der Waals surface area contributed by atoms with Crippen LogP contribution in [0.1, 0.15) is 17.4 Å². The standard InChI is InChI=1S/C15H11NO2S/c1-10(15(17)18)6-14-7-13(9-19-14)12-4-2-11(8-16)3-5-12/h2-7,9H,1H3,(H,17,18)/b10-6+. The number of carboxylic acids is 1. The van der Waals surface area contributed by atoms with E-state index in [1.54, 1.807) is 25.1 Å². The van der Waals surface area contributed by atoms with E-state index in [0.717, 1.165) is 16.0 Å². The zero-order valence-electron chi connectivity index (χ0n) is 10.3. The van der Waals surface area contributed by atoms with Crippen LogP contribution in [0.3, 0.4) is 0 Å². The van der Waals surface area contributed by atoms with Gasteiger partial charge in [-0.3, -0.25) is 0 Å². The van der Waals surface area contributed by atoms with Crippen molar-refractivity contribution in [2.75, 3.05) is 0 Å². The van der Waals surface area contributed by atoms with Crippen LogP contribution in [0, 0.1) is 11.3 Å². The number of hydrogen-bond donors (Lipinski definition) is 1. The van der Waals surface area contributed by atoms with Crippen LogP contribution in [-0.2, 0) is 4.79 Å². The van der Waals surface area contributed by atoms with Gasteiger partial charge in [-0.25, -0.2) is 4.79 Å². The Bertz CT molecular complexity index is 675. The molecule has 2 rings (SSSR count). The lowest BCUT2D eigenvalue weighted by atomic mass is 10.1. The van der Waals surface area contributed by atoms with Gasteiger partial charge >= 0.3 is 5.97 Å². The highest BCUT2D eigenvalue weighted by Crippen LogP contribution is 2.27. The number of thiophene rings is 1. The molecule has 0 amide bonds. The number of nitriles is 1. The number of hydrogen-bond acceptors (Lipinski definition) is 3. The Balaban J connectivity index is 2.28. The molecule has 94 valence electrons. The number of rotatable bonds is 3. The van der Waals surface area contributed by atoms with Gasteiger partial charge in [-0.1, -0.05) is 12.1 Å². The molecule has 2 aromatic rings. The second-order valence-electron chi connectivity index (χ2n) is 4.06. The lowest BCUT2D eigenvalue weighted by molar-refractivity contribution is -0.132. The Morgan fingerprint density at radius 2 is 2.00 bits per heavy atom. The molecule has 0 radical (unpaired) electrons. The van der Waals surface area contributed by atoms with Gasteiger partial charge in [-0.2, -0.15) is 5.26 Å². The van der Waals surface area contributed by atoms with Gasteiger partial charge in [0.25, 0.3) is 0 Å². The monoisotopic (exact) mass is 269 g/mol. The lowest BCUT2D eigenvalue weighted by Crippen LogP contribution is -1.94. The van der Waals surface area contributed by atoms with Gasteiger partial charge in [0, 0.05) is 10.5 Å². The van der Waals surface area contributed by atoms with Crippen molar-refractivity contribution in [3.05, 3.63) is 51.7 Å². The summed E-state index contributed by atoms with van der Waals surface area (Å²) in [4.78, 5) is 11.7. The first-order valence-electron chi connectivity index (χ1n) is 5.61. The van der Waals surface area contributed by atoms with Crippen molar-refractivity contribution in [2.24, 2.45) is 0 Å². The van der Waals surface area contributed by atoms with Crippen molar-refractivity contribution in [2.45, 2.75) is 6.92 Å². The minimum Gasteiger partial charge on any atom is -0.478 e. The number of nitrogens with zero attached hydrogens (tertiary/aromatic N) is 1. The third kappa shape index (κ3) is 3.09. The lowest BCUT2D eigenvalue weighted by Gasteiger charge is -1.96. The molecule has 0 aliphatic rings. The maximum Gasteiger partial charge on any atom is 0.331 e. The molecule has 3 nitrogen and oxygen atoms in total. The van der Waals surface area contributed by atoms with Crippen molar-refractivity contribution >= 4 is 23.4 Å². The fourth-order valence-corrected chi connectivity index (χ4v) is 2.50. The fraction of sp³-hybridized carbons (Fsp3) is 0.0667. The molecule has 0 saturated heterocycles. The highest BCUT2D eigenvalue weighted by molar-refractivity contribution is 7.11. The van der Waals surface area contributed by atoms with Crippen LogP contribution in [0.5, 0.6) is 0 Å².